The van der Waals surface area contributed by atoms with Gasteiger partial charge in [0, 0.05) is 56.8 Å². The zero-order chi connectivity index (χ0) is 20.3. The van der Waals surface area contributed by atoms with Gasteiger partial charge in [0.05, 0.1) is 12.8 Å². The third-order valence-corrected chi connectivity index (χ3v) is 8.55. The fourth-order valence-corrected chi connectivity index (χ4v) is 6.34. The Kier molecular flexibility index (Phi) is 6.50. The summed E-state index contributed by atoms with van der Waals surface area (Å²) in [4.78, 5) is 7.05. The number of methoxy groups -OCH3 is 1. The Hall–Kier alpha value is -1.52. The summed E-state index contributed by atoms with van der Waals surface area (Å²) in [5.41, 5.74) is 2.12. The van der Waals surface area contributed by atoms with E-state index < -0.39 is 10.2 Å². The number of piperidine rings is 1. The first-order chi connectivity index (χ1) is 14.1. The molecule has 0 spiro atoms. The molecule has 1 aromatic carbocycles. The molecule has 2 fully saturated rings. The van der Waals surface area contributed by atoms with Crippen molar-refractivity contribution < 1.29 is 13.2 Å². The predicted molar refractivity (Wildman–Crippen MR) is 115 cm³/mol. The summed E-state index contributed by atoms with van der Waals surface area (Å²) in [5.74, 6) is 0.836. The summed E-state index contributed by atoms with van der Waals surface area (Å²) in [7, 11) is -1.64. The van der Waals surface area contributed by atoms with Gasteiger partial charge in [-0.25, -0.2) is 4.98 Å². The third-order valence-electron chi connectivity index (χ3n) is 5.57. The highest BCUT2D eigenvalue weighted by atomic mass is 32.2. The summed E-state index contributed by atoms with van der Waals surface area (Å²) < 4.78 is 34.2. The predicted octanol–water partition coefficient (Wildman–Crippen LogP) is 2.67. The smallest absolute Gasteiger partial charge is 0.282 e. The SMILES string of the molecule is COc1ccc(-c2nc(CN3CCN(S(=O)(=O)N4CCCCC4)CC3)cs2)cc1. The minimum Gasteiger partial charge on any atom is -0.497 e. The van der Waals surface area contributed by atoms with Gasteiger partial charge in [-0.15, -0.1) is 11.3 Å². The van der Waals surface area contributed by atoms with Gasteiger partial charge in [0.25, 0.3) is 10.2 Å². The van der Waals surface area contributed by atoms with Crippen molar-refractivity contribution in [3.63, 3.8) is 0 Å². The number of thiazole rings is 1. The Morgan fingerprint density at radius 3 is 2.28 bits per heavy atom. The number of hydrogen-bond acceptors (Lipinski definition) is 6. The molecule has 29 heavy (non-hydrogen) atoms. The monoisotopic (exact) mass is 436 g/mol. The summed E-state index contributed by atoms with van der Waals surface area (Å²) in [6.07, 6.45) is 3.07. The maximum atomic E-state index is 12.8. The van der Waals surface area contributed by atoms with E-state index in [2.05, 4.69) is 10.3 Å². The van der Waals surface area contributed by atoms with Crippen molar-refractivity contribution in [2.24, 2.45) is 0 Å². The van der Waals surface area contributed by atoms with Crippen molar-refractivity contribution >= 4 is 21.5 Å². The van der Waals surface area contributed by atoms with Crippen molar-refractivity contribution in [2.75, 3.05) is 46.4 Å². The maximum absolute atomic E-state index is 12.8. The van der Waals surface area contributed by atoms with E-state index in [9.17, 15) is 8.42 Å². The number of nitrogens with zero attached hydrogens (tertiary/aromatic N) is 4. The van der Waals surface area contributed by atoms with Crippen molar-refractivity contribution in [3.05, 3.63) is 35.3 Å². The van der Waals surface area contributed by atoms with Crippen LogP contribution < -0.4 is 4.74 Å². The first-order valence-electron chi connectivity index (χ1n) is 10.1. The van der Waals surface area contributed by atoms with Crippen LogP contribution in [0.1, 0.15) is 25.0 Å². The Morgan fingerprint density at radius 1 is 0.966 bits per heavy atom. The molecule has 2 saturated heterocycles. The van der Waals surface area contributed by atoms with Crippen molar-refractivity contribution in [2.45, 2.75) is 25.8 Å². The molecule has 4 rings (SSSR count). The molecule has 0 amide bonds. The van der Waals surface area contributed by atoms with Crippen LogP contribution in [0.4, 0.5) is 0 Å². The average Bonchev–Trinajstić information content (AvgIpc) is 3.23. The van der Waals surface area contributed by atoms with Crippen LogP contribution in [-0.4, -0.2) is 73.3 Å². The topological polar surface area (TPSA) is 66.0 Å². The normalized spacial score (nSPS) is 20.0. The summed E-state index contributed by atoms with van der Waals surface area (Å²) in [5, 5.41) is 3.09. The maximum Gasteiger partial charge on any atom is 0.282 e. The number of aromatic nitrogens is 1. The van der Waals surface area contributed by atoms with E-state index in [-0.39, 0.29) is 0 Å². The van der Waals surface area contributed by atoms with Crippen LogP contribution in [0, 0.1) is 0 Å². The van der Waals surface area contributed by atoms with Crippen LogP contribution in [0.3, 0.4) is 0 Å². The second-order valence-corrected chi connectivity index (χ2v) is 10.3. The minimum absolute atomic E-state index is 0.550. The van der Waals surface area contributed by atoms with Crippen LogP contribution >= 0.6 is 11.3 Å². The molecule has 0 radical (unpaired) electrons. The molecule has 0 aliphatic carbocycles. The van der Waals surface area contributed by atoms with Gasteiger partial charge in [-0.05, 0) is 37.1 Å². The first-order valence-corrected chi connectivity index (χ1v) is 12.4. The van der Waals surface area contributed by atoms with Crippen molar-refractivity contribution in [1.82, 2.24) is 18.5 Å². The lowest BCUT2D eigenvalue weighted by Gasteiger charge is -2.37. The summed E-state index contributed by atoms with van der Waals surface area (Å²) in [6, 6.07) is 7.92. The molecule has 2 aliphatic heterocycles. The molecule has 7 nitrogen and oxygen atoms in total. The number of benzene rings is 1. The van der Waals surface area contributed by atoms with Crippen LogP contribution in [0.15, 0.2) is 29.6 Å². The average molecular weight is 437 g/mol. The van der Waals surface area contributed by atoms with E-state index in [0.717, 1.165) is 60.9 Å². The fourth-order valence-electron chi connectivity index (χ4n) is 3.85. The van der Waals surface area contributed by atoms with Gasteiger partial charge in [-0.3, -0.25) is 4.90 Å². The lowest BCUT2D eigenvalue weighted by Crippen LogP contribution is -2.53. The molecule has 0 unspecified atom stereocenters. The third kappa shape index (κ3) is 4.80. The highest BCUT2D eigenvalue weighted by molar-refractivity contribution is 7.86. The van der Waals surface area contributed by atoms with Gasteiger partial charge >= 0.3 is 0 Å². The van der Waals surface area contributed by atoms with Gasteiger partial charge in [-0.1, -0.05) is 6.42 Å². The van der Waals surface area contributed by atoms with Crippen LogP contribution in [0.5, 0.6) is 5.75 Å². The zero-order valence-electron chi connectivity index (χ0n) is 16.8. The Morgan fingerprint density at radius 2 is 1.62 bits per heavy atom. The van der Waals surface area contributed by atoms with E-state index in [1.807, 2.05) is 24.3 Å². The zero-order valence-corrected chi connectivity index (χ0v) is 18.4. The van der Waals surface area contributed by atoms with E-state index in [1.165, 1.54) is 0 Å². The van der Waals surface area contributed by atoms with E-state index >= 15 is 0 Å². The van der Waals surface area contributed by atoms with E-state index in [0.29, 0.717) is 26.2 Å². The molecule has 2 aliphatic rings. The fraction of sp³-hybridized carbons (Fsp3) is 0.550. The Balaban J connectivity index is 1.32. The van der Waals surface area contributed by atoms with Gasteiger partial charge in [0.1, 0.15) is 10.8 Å². The van der Waals surface area contributed by atoms with Crippen LogP contribution in [0.2, 0.25) is 0 Å². The Bertz CT molecular complexity index is 900. The van der Waals surface area contributed by atoms with Crippen LogP contribution in [-0.2, 0) is 16.8 Å². The summed E-state index contributed by atoms with van der Waals surface area (Å²) in [6.45, 7) is 4.66. The molecule has 0 atom stereocenters. The molecular formula is C20H28N4O3S2. The largest absolute Gasteiger partial charge is 0.497 e. The number of hydrogen-bond donors (Lipinski definition) is 0. The van der Waals surface area contributed by atoms with Gasteiger partial charge in [-0.2, -0.15) is 17.0 Å². The lowest BCUT2D eigenvalue weighted by molar-refractivity contribution is 0.171. The molecule has 158 valence electrons. The summed E-state index contributed by atoms with van der Waals surface area (Å²) >= 11 is 1.64. The number of piperazine rings is 1. The second-order valence-electron chi connectivity index (χ2n) is 7.52. The van der Waals surface area contributed by atoms with Gasteiger partial charge in [0.15, 0.2) is 0 Å². The molecular weight excluding hydrogens is 408 g/mol. The highest BCUT2D eigenvalue weighted by Crippen LogP contribution is 2.26. The van der Waals surface area contributed by atoms with E-state index in [4.69, 9.17) is 9.72 Å². The molecule has 9 heteroatoms. The van der Waals surface area contributed by atoms with E-state index in [1.54, 1.807) is 27.1 Å². The highest BCUT2D eigenvalue weighted by Gasteiger charge is 2.33. The van der Waals surface area contributed by atoms with Crippen LogP contribution in [0.25, 0.3) is 10.6 Å². The molecule has 2 aromatic rings. The van der Waals surface area contributed by atoms with Crippen molar-refractivity contribution in [3.8, 4) is 16.3 Å². The number of rotatable bonds is 6. The molecule has 3 heterocycles. The lowest BCUT2D eigenvalue weighted by atomic mass is 10.2. The van der Waals surface area contributed by atoms with Crippen molar-refractivity contribution in [1.29, 1.82) is 0 Å². The molecule has 1 aromatic heterocycles. The quantitative estimate of drug-likeness (QED) is 0.697. The molecule has 0 bridgehead atoms. The second kappa shape index (κ2) is 9.09. The standard InChI is InChI=1S/C20H28N4O3S2/c1-27-19-7-5-17(6-8-19)20-21-18(16-28-20)15-22-11-13-24(14-12-22)29(25,26)23-9-3-2-4-10-23/h5-8,16H,2-4,9-15H2,1H3. The molecule has 0 N–H and O–H groups in total. The van der Waals surface area contributed by atoms with Gasteiger partial charge < -0.3 is 4.74 Å². The molecule has 0 saturated carbocycles. The first kappa shape index (κ1) is 20.7. The Labute approximate surface area is 177 Å². The van der Waals surface area contributed by atoms with Gasteiger partial charge in [0.2, 0.25) is 0 Å². The number of ether oxygens (including phenoxy) is 1. The minimum atomic E-state index is -3.30.